The number of hydrogen-bond donors (Lipinski definition) is 0. The van der Waals surface area contributed by atoms with Gasteiger partial charge in [-0.1, -0.05) is 29.3 Å². The van der Waals surface area contributed by atoms with Crippen molar-refractivity contribution in [2.75, 3.05) is 51.3 Å². The lowest BCUT2D eigenvalue weighted by Crippen LogP contribution is -2.47. The van der Waals surface area contributed by atoms with Crippen molar-refractivity contribution in [2.45, 2.75) is 30.2 Å². The molecule has 0 bridgehead atoms. The number of likely N-dealkylation sites (tertiary alicyclic amines) is 1. The number of likely N-dealkylation sites (N-methyl/N-ethyl adjacent to an activating group) is 1. The lowest BCUT2D eigenvalue weighted by molar-refractivity contribution is 0.0730. The number of morpholine rings is 1. The van der Waals surface area contributed by atoms with Crippen molar-refractivity contribution in [3.8, 4) is 0 Å². The summed E-state index contributed by atoms with van der Waals surface area (Å²) in [6, 6.07) is 10.8. The van der Waals surface area contributed by atoms with Gasteiger partial charge in [0.25, 0.3) is 5.91 Å². The Morgan fingerprint density at radius 1 is 1.09 bits per heavy atom. The van der Waals surface area contributed by atoms with E-state index in [1.807, 2.05) is 17.0 Å². The highest BCUT2D eigenvalue weighted by Crippen LogP contribution is 2.45. The van der Waals surface area contributed by atoms with Gasteiger partial charge < -0.3 is 14.5 Å². The highest BCUT2D eigenvalue weighted by molar-refractivity contribution is 7.89. The molecule has 2 aromatic carbocycles. The van der Waals surface area contributed by atoms with Crippen LogP contribution in [0.5, 0.6) is 0 Å². The minimum atomic E-state index is -3.83. The van der Waals surface area contributed by atoms with Gasteiger partial charge in [0.15, 0.2) is 0 Å². The first kappa shape index (κ1) is 22.8. The Bertz CT molecular complexity index is 1200. The number of fused-ring (bicyclic) bond motifs is 3. The zero-order chi connectivity index (χ0) is 23.3. The fraction of sp³-hybridized carbons (Fsp3) is 0.458. The molecule has 0 aliphatic carbocycles. The Hall–Kier alpha value is -1.97. The molecule has 1 amide bonds. The Balaban J connectivity index is 1.53. The first-order valence-corrected chi connectivity index (χ1v) is 13.1. The maximum atomic E-state index is 13.8. The van der Waals surface area contributed by atoms with Crippen molar-refractivity contribution in [2.24, 2.45) is 0 Å². The molecule has 0 spiro atoms. The van der Waals surface area contributed by atoms with Crippen molar-refractivity contribution < 1.29 is 17.9 Å². The Morgan fingerprint density at radius 3 is 2.61 bits per heavy atom. The number of aryl methyl sites for hydroxylation is 1. The SMILES string of the molecule is Cc1ccc2c(c1)[C@H]1CN(C)CC[C@@H]1N2C(=O)c1ccc(Cl)c(S(=O)(=O)N2CCOCC2)c1. The highest BCUT2D eigenvalue weighted by atomic mass is 35.5. The van der Waals surface area contributed by atoms with Crippen LogP contribution in [0.3, 0.4) is 0 Å². The highest BCUT2D eigenvalue weighted by Gasteiger charge is 2.44. The molecule has 0 aromatic heterocycles. The Labute approximate surface area is 199 Å². The molecule has 3 heterocycles. The first-order valence-electron chi connectivity index (χ1n) is 11.3. The number of sulfonamides is 1. The molecule has 176 valence electrons. The number of ether oxygens (including phenoxy) is 1. The number of nitrogens with zero attached hydrogens (tertiary/aromatic N) is 3. The van der Waals surface area contributed by atoms with E-state index in [0.29, 0.717) is 18.8 Å². The molecule has 0 unspecified atom stereocenters. The lowest BCUT2D eigenvalue weighted by Gasteiger charge is -2.36. The van der Waals surface area contributed by atoms with E-state index >= 15 is 0 Å². The standard InChI is InChI=1S/C24H28ClN3O4S/c1-16-3-6-21-18(13-16)19-15-26(2)8-7-22(19)28(21)24(29)17-4-5-20(25)23(14-17)33(30,31)27-9-11-32-12-10-27/h3-6,13-14,19,22H,7-12,15H2,1-2H3/t19-,22+/m1/s1. The van der Waals surface area contributed by atoms with Crippen LogP contribution in [0.25, 0.3) is 0 Å². The van der Waals surface area contributed by atoms with Gasteiger partial charge in [-0.25, -0.2) is 8.42 Å². The lowest BCUT2D eigenvalue weighted by atomic mass is 9.88. The molecular weight excluding hydrogens is 462 g/mol. The second-order valence-corrected chi connectivity index (χ2v) is 11.4. The molecule has 0 saturated carbocycles. The molecule has 0 N–H and O–H groups in total. The van der Waals surface area contributed by atoms with Gasteiger partial charge in [-0.15, -0.1) is 0 Å². The number of amides is 1. The number of benzene rings is 2. The summed E-state index contributed by atoms with van der Waals surface area (Å²) in [6.45, 7) is 5.10. The third kappa shape index (κ3) is 3.98. The molecule has 2 atom stereocenters. The quantitative estimate of drug-likeness (QED) is 0.662. The molecule has 0 radical (unpaired) electrons. The number of carbonyl (C=O) groups is 1. The average Bonchev–Trinajstić information content (AvgIpc) is 3.12. The Morgan fingerprint density at radius 2 is 1.85 bits per heavy atom. The monoisotopic (exact) mass is 489 g/mol. The van der Waals surface area contributed by atoms with Crippen LogP contribution < -0.4 is 4.90 Å². The van der Waals surface area contributed by atoms with E-state index in [1.165, 1.54) is 27.6 Å². The Kier molecular flexibility index (Phi) is 5.99. The maximum absolute atomic E-state index is 13.8. The topological polar surface area (TPSA) is 70.2 Å². The summed E-state index contributed by atoms with van der Waals surface area (Å²) in [5.74, 6) is 0.0544. The predicted octanol–water partition coefficient (Wildman–Crippen LogP) is 3.12. The second-order valence-electron chi connectivity index (χ2n) is 9.12. The van der Waals surface area contributed by atoms with Crippen molar-refractivity contribution >= 4 is 33.2 Å². The molecule has 2 saturated heterocycles. The maximum Gasteiger partial charge on any atom is 0.258 e. The summed E-state index contributed by atoms with van der Waals surface area (Å²) in [7, 11) is -1.72. The van der Waals surface area contributed by atoms with E-state index in [9.17, 15) is 13.2 Å². The number of piperidine rings is 1. The summed E-state index contributed by atoms with van der Waals surface area (Å²) < 4.78 is 33.2. The number of hydrogen-bond acceptors (Lipinski definition) is 5. The van der Waals surface area contributed by atoms with Gasteiger partial charge in [0, 0.05) is 42.8 Å². The summed E-state index contributed by atoms with van der Waals surface area (Å²) in [5, 5.41) is 0.118. The van der Waals surface area contributed by atoms with Gasteiger partial charge in [-0.3, -0.25) is 4.79 Å². The van der Waals surface area contributed by atoms with Gasteiger partial charge in [0.05, 0.1) is 18.2 Å². The predicted molar refractivity (Wildman–Crippen MR) is 128 cm³/mol. The largest absolute Gasteiger partial charge is 0.379 e. The molecule has 3 aliphatic heterocycles. The van der Waals surface area contributed by atoms with E-state index in [4.69, 9.17) is 16.3 Å². The average molecular weight is 490 g/mol. The van der Waals surface area contributed by atoms with E-state index in [2.05, 4.69) is 24.9 Å². The molecule has 33 heavy (non-hydrogen) atoms. The zero-order valence-electron chi connectivity index (χ0n) is 18.8. The number of carbonyl (C=O) groups excluding carboxylic acids is 1. The minimum absolute atomic E-state index is 0.0276. The van der Waals surface area contributed by atoms with Crippen LogP contribution in [-0.4, -0.2) is 76.0 Å². The van der Waals surface area contributed by atoms with Crippen LogP contribution in [-0.2, 0) is 14.8 Å². The fourth-order valence-corrected chi connectivity index (χ4v) is 7.15. The normalized spacial score (nSPS) is 23.9. The first-order chi connectivity index (χ1) is 15.8. The number of halogens is 1. The van der Waals surface area contributed by atoms with Crippen molar-refractivity contribution in [3.05, 3.63) is 58.1 Å². The summed E-state index contributed by atoms with van der Waals surface area (Å²) in [6.07, 6.45) is 0.868. The summed E-state index contributed by atoms with van der Waals surface area (Å²) in [5.41, 5.74) is 3.61. The molecule has 5 rings (SSSR count). The fourth-order valence-electron chi connectivity index (χ4n) is 5.25. The summed E-state index contributed by atoms with van der Waals surface area (Å²) in [4.78, 5) is 18.0. The van der Waals surface area contributed by atoms with E-state index in [1.54, 1.807) is 6.07 Å². The summed E-state index contributed by atoms with van der Waals surface area (Å²) >= 11 is 6.32. The number of rotatable bonds is 3. The third-order valence-electron chi connectivity index (χ3n) is 6.94. The molecular formula is C24H28ClN3O4S. The third-order valence-corrected chi connectivity index (χ3v) is 9.32. The van der Waals surface area contributed by atoms with Crippen LogP contribution in [0, 0.1) is 6.92 Å². The van der Waals surface area contributed by atoms with Gasteiger partial charge in [-0.2, -0.15) is 4.31 Å². The van der Waals surface area contributed by atoms with Crippen molar-refractivity contribution in [1.82, 2.24) is 9.21 Å². The molecule has 7 nitrogen and oxygen atoms in total. The van der Waals surface area contributed by atoms with Gasteiger partial charge in [-0.05, 0) is 56.8 Å². The van der Waals surface area contributed by atoms with E-state index in [0.717, 1.165) is 25.2 Å². The van der Waals surface area contributed by atoms with E-state index in [-0.39, 0.29) is 40.9 Å². The second kappa shape index (κ2) is 8.67. The molecule has 2 aromatic rings. The molecule has 2 fully saturated rings. The molecule has 9 heteroatoms. The van der Waals surface area contributed by atoms with Gasteiger partial charge in [0.1, 0.15) is 4.90 Å². The van der Waals surface area contributed by atoms with Crippen LogP contribution in [0.1, 0.15) is 33.8 Å². The number of anilines is 1. The van der Waals surface area contributed by atoms with Crippen LogP contribution in [0.4, 0.5) is 5.69 Å². The van der Waals surface area contributed by atoms with Crippen molar-refractivity contribution in [1.29, 1.82) is 0 Å². The van der Waals surface area contributed by atoms with Crippen LogP contribution in [0.15, 0.2) is 41.3 Å². The van der Waals surface area contributed by atoms with Crippen LogP contribution in [0.2, 0.25) is 5.02 Å². The molecule has 3 aliphatic rings. The minimum Gasteiger partial charge on any atom is -0.379 e. The smallest absolute Gasteiger partial charge is 0.258 e. The van der Waals surface area contributed by atoms with Gasteiger partial charge >= 0.3 is 0 Å². The van der Waals surface area contributed by atoms with E-state index < -0.39 is 10.0 Å². The van der Waals surface area contributed by atoms with Crippen LogP contribution >= 0.6 is 11.6 Å². The zero-order valence-corrected chi connectivity index (χ0v) is 20.4. The van der Waals surface area contributed by atoms with Crippen molar-refractivity contribution in [3.63, 3.8) is 0 Å². The van der Waals surface area contributed by atoms with Gasteiger partial charge in [0.2, 0.25) is 10.0 Å².